The molecule has 20 heavy (non-hydrogen) atoms. The fourth-order valence-electron chi connectivity index (χ4n) is 3.00. The van der Waals surface area contributed by atoms with E-state index in [9.17, 15) is 5.21 Å². The molecule has 1 N–H and O–H groups in total. The molecule has 3 atom stereocenters. The molecule has 1 aromatic carbocycles. The summed E-state index contributed by atoms with van der Waals surface area (Å²) in [6.07, 6.45) is 2.66. The van der Waals surface area contributed by atoms with Crippen LogP contribution in [0, 0.1) is 11.8 Å². The first-order chi connectivity index (χ1) is 9.83. The molecule has 2 fully saturated rings. The molecule has 0 amide bonds. The Morgan fingerprint density at radius 2 is 1.45 bits per heavy atom. The van der Waals surface area contributed by atoms with E-state index in [-0.39, 0.29) is 0 Å². The van der Waals surface area contributed by atoms with Gasteiger partial charge in [0.15, 0.2) is 0 Å². The first-order valence-corrected chi connectivity index (χ1v) is 7.98. The summed E-state index contributed by atoms with van der Waals surface area (Å²) in [5.41, 5.74) is 0. The van der Waals surface area contributed by atoms with Gasteiger partial charge < -0.3 is 9.94 Å². The number of hydrogen-bond acceptors (Lipinski definition) is 3. The maximum Gasteiger partial charge on any atom is 0.119 e. The Morgan fingerprint density at radius 3 is 1.95 bits per heavy atom. The number of nitrogens with zero attached hydrogens (tertiary/aromatic N) is 1. The van der Waals surface area contributed by atoms with Crippen LogP contribution in [0.3, 0.4) is 0 Å². The topological polar surface area (TPSA) is 32.7 Å². The normalized spacial score (nSPS) is 27.8. The standard InChI is InChI=1S/C13H17NO2.2C2H6/c15-14-8-10-6-7-11(9-14)13(10)16-12-4-2-1-3-5-12;2*1-2/h1-5,10-11,13,15H,6-9H2;2*1-2H3/t10-,11+,13?;;. The molecule has 3 rings (SSSR count). The molecule has 2 aliphatic rings. The lowest BCUT2D eigenvalue weighted by Crippen LogP contribution is -2.45. The number of para-hydroxylation sites is 1. The van der Waals surface area contributed by atoms with Gasteiger partial charge in [-0.25, -0.2) is 0 Å². The van der Waals surface area contributed by atoms with Crippen molar-refractivity contribution in [3.8, 4) is 5.75 Å². The van der Waals surface area contributed by atoms with Crippen molar-refractivity contribution in [1.29, 1.82) is 0 Å². The molecule has 1 aliphatic heterocycles. The quantitative estimate of drug-likeness (QED) is 0.880. The molecule has 1 saturated heterocycles. The number of piperidine rings is 1. The van der Waals surface area contributed by atoms with Crippen molar-refractivity contribution in [3.63, 3.8) is 0 Å². The predicted octanol–water partition coefficient (Wildman–Crippen LogP) is 4.22. The van der Waals surface area contributed by atoms with Crippen LogP contribution in [0.1, 0.15) is 40.5 Å². The van der Waals surface area contributed by atoms with E-state index in [1.54, 1.807) is 0 Å². The van der Waals surface area contributed by atoms with E-state index < -0.39 is 0 Å². The van der Waals surface area contributed by atoms with Gasteiger partial charge in [0.25, 0.3) is 0 Å². The summed E-state index contributed by atoms with van der Waals surface area (Å²) < 4.78 is 6.05. The second kappa shape index (κ2) is 8.98. The highest BCUT2D eigenvalue weighted by molar-refractivity contribution is 5.21. The zero-order chi connectivity index (χ0) is 15.0. The molecule has 0 radical (unpaired) electrons. The van der Waals surface area contributed by atoms with Gasteiger partial charge in [-0.05, 0) is 25.0 Å². The van der Waals surface area contributed by atoms with Crippen molar-refractivity contribution >= 4 is 0 Å². The van der Waals surface area contributed by atoms with E-state index in [0.717, 1.165) is 18.8 Å². The first kappa shape index (κ1) is 17.0. The minimum Gasteiger partial charge on any atom is -0.490 e. The highest BCUT2D eigenvalue weighted by Gasteiger charge is 2.43. The summed E-state index contributed by atoms with van der Waals surface area (Å²) in [5, 5.41) is 11.0. The van der Waals surface area contributed by atoms with Crippen molar-refractivity contribution in [1.82, 2.24) is 5.06 Å². The molecule has 3 heteroatoms. The number of hydroxylamine groups is 2. The van der Waals surface area contributed by atoms with Crippen LogP contribution in [0.4, 0.5) is 0 Å². The molecule has 1 heterocycles. The minimum absolute atomic E-state index is 0.297. The monoisotopic (exact) mass is 279 g/mol. The number of rotatable bonds is 2. The Hall–Kier alpha value is -1.06. The van der Waals surface area contributed by atoms with Crippen LogP contribution < -0.4 is 4.74 Å². The first-order valence-electron chi connectivity index (χ1n) is 7.98. The fraction of sp³-hybridized carbons (Fsp3) is 0.647. The number of benzene rings is 1. The summed E-state index contributed by atoms with van der Waals surface area (Å²) in [6, 6.07) is 10.0. The van der Waals surface area contributed by atoms with Gasteiger partial charge in [0.1, 0.15) is 11.9 Å². The van der Waals surface area contributed by atoms with E-state index in [2.05, 4.69) is 0 Å². The molecular formula is C17H29NO2. The molecule has 1 aliphatic carbocycles. The fourth-order valence-corrected chi connectivity index (χ4v) is 3.00. The lowest BCUT2D eigenvalue weighted by Gasteiger charge is -2.34. The molecule has 0 aromatic heterocycles. The summed E-state index contributed by atoms with van der Waals surface area (Å²) in [7, 11) is 0. The van der Waals surface area contributed by atoms with Gasteiger partial charge in [-0.15, -0.1) is 0 Å². The summed E-state index contributed by atoms with van der Waals surface area (Å²) in [4.78, 5) is 0. The van der Waals surface area contributed by atoms with Crippen molar-refractivity contribution in [2.75, 3.05) is 13.1 Å². The predicted molar refractivity (Wildman–Crippen MR) is 83.1 cm³/mol. The molecule has 3 nitrogen and oxygen atoms in total. The largest absolute Gasteiger partial charge is 0.490 e. The van der Waals surface area contributed by atoms with Gasteiger partial charge in [-0.3, -0.25) is 0 Å². The van der Waals surface area contributed by atoms with Gasteiger partial charge in [-0.1, -0.05) is 45.9 Å². The third-order valence-electron chi connectivity index (χ3n) is 3.74. The lowest BCUT2D eigenvalue weighted by atomic mass is 9.96. The molecule has 114 valence electrons. The maximum absolute atomic E-state index is 9.55. The molecule has 1 saturated carbocycles. The third-order valence-corrected chi connectivity index (χ3v) is 3.74. The molecular weight excluding hydrogens is 250 g/mol. The molecule has 1 unspecified atom stereocenters. The third kappa shape index (κ3) is 4.22. The van der Waals surface area contributed by atoms with Crippen LogP contribution in [0.5, 0.6) is 5.75 Å². The molecule has 2 bridgehead atoms. The average Bonchev–Trinajstić information content (AvgIpc) is 2.75. The van der Waals surface area contributed by atoms with Crippen LogP contribution in [0.25, 0.3) is 0 Å². The summed E-state index contributed by atoms with van der Waals surface area (Å²) in [6.45, 7) is 9.52. The Labute approximate surface area is 123 Å². The Kier molecular flexibility index (Phi) is 7.63. The van der Waals surface area contributed by atoms with Crippen LogP contribution in [-0.2, 0) is 0 Å². The molecule has 0 spiro atoms. The van der Waals surface area contributed by atoms with Crippen LogP contribution in [-0.4, -0.2) is 29.5 Å². The Bertz CT molecular complexity index is 341. The number of fused-ring (bicyclic) bond motifs is 2. The second-order valence-corrected chi connectivity index (χ2v) is 4.86. The van der Waals surface area contributed by atoms with Crippen molar-refractivity contribution in [2.45, 2.75) is 46.6 Å². The van der Waals surface area contributed by atoms with Crippen molar-refractivity contribution in [3.05, 3.63) is 30.3 Å². The van der Waals surface area contributed by atoms with E-state index >= 15 is 0 Å². The maximum atomic E-state index is 9.55. The van der Waals surface area contributed by atoms with Gasteiger partial charge in [0, 0.05) is 24.9 Å². The smallest absolute Gasteiger partial charge is 0.119 e. The second-order valence-electron chi connectivity index (χ2n) is 4.86. The SMILES string of the molecule is CC.CC.ON1C[C@H]2CC[C@@H](C1)C2Oc1ccccc1. The summed E-state index contributed by atoms with van der Waals surface area (Å²) in [5.74, 6) is 1.93. The van der Waals surface area contributed by atoms with Gasteiger partial charge >= 0.3 is 0 Å². The van der Waals surface area contributed by atoms with Crippen molar-refractivity contribution in [2.24, 2.45) is 11.8 Å². The van der Waals surface area contributed by atoms with Crippen molar-refractivity contribution < 1.29 is 9.94 Å². The van der Waals surface area contributed by atoms with E-state index in [4.69, 9.17) is 4.74 Å². The molecule has 1 aromatic rings. The van der Waals surface area contributed by atoms with Gasteiger partial charge in [0.05, 0.1) is 0 Å². The van der Waals surface area contributed by atoms with Crippen LogP contribution in [0.2, 0.25) is 0 Å². The lowest BCUT2D eigenvalue weighted by molar-refractivity contribution is -0.143. The van der Waals surface area contributed by atoms with Gasteiger partial charge in [0.2, 0.25) is 0 Å². The Morgan fingerprint density at radius 1 is 0.950 bits per heavy atom. The van der Waals surface area contributed by atoms with E-state index in [1.807, 2.05) is 58.0 Å². The number of ether oxygens (including phenoxy) is 1. The zero-order valence-corrected chi connectivity index (χ0v) is 13.2. The highest BCUT2D eigenvalue weighted by atomic mass is 16.5. The van der Waals surface area contributed by atoms with Gasteiger partial charge in [-0.2, -0.15) is 5.06 Å². The average molecular weight is 279 g/mol. The zero-order valence-electron chi connectivity index (χ0n) is 13.2. The number of hydrogen-bond donors (Lipinski definition) is 1. The van der Waals surface area contributed by atoms with Crippen LogP contribution in [0.15, 0.2) is 30.3 Å². The minimum atomic E-state index is 0.297. The van der Waals surface area contributed by atoms with E-state index in [1.165, 1.54) is 17.9 Å². The highest BCUT2D eigenvalue weighted by Crippen LogP contribution is 2.38. The summed E-state index contributed by atoms with van der Waals surface area (Å²) >= 11 is 0. The Balaban J connectivity index is 0.000000461. The van der Waals surface area contributed by atoms with E-state index in [0.29, 0.717) is 17.9 Å². The van der Waals surface area contributed by atoms with Crippen LogP contribution >= 0.6 is 0 Å².